The van der Waals surface area contributed by atoms with Crippen LogP contribution in [0.3, 0.4) is 0 Å². The zero-order valence-corrected chi connectivity index (χ0v) is 4.47. The summed E-state index contributed by atoms with van der Waals surface area (Å²) in [5, 5.41) is 7.99. The van der Waals surface area contributed by atoms with Crippen molar-refractivity contribution in [1.29, 1.82) is 0 Å². The highest BCUT2D eigenvalue weighted by molar-refractivity contribution is 5.73. The molecule has 2 atom stereocenters. The highest BCUT2D eigenvalue weighted by Crippen LogP contribution is 1.92. The summed E-state index contributed by atoms with van der Waals surface area (Å²) in [5.41, 5.74) is 4.78. The van der Waals surface area contributed by atoms with Crippen molar-refractivity contribution in [3.8, 4) is 0 Å². The average Bonchev–Trinajstić information content (AvgIpc) is 1.64. The third-order valence-electron chi connectivity index (χ3n) is 0.780. The Balaban J connectivity index is 3.64. The summed E-state index contributed by atoms with van der Waals surface area (Å²) in [7, 11) is 0. The van der Waals surface area contributed by atoms with Gasteiger partial charge in [0, 0.05) is 0 Å². The largest absolute Gasteiger partial charge is 0.480 e. The quantitative estimate of drug-likeness (QED) is 0.529. The Morgan fingerprint density at radius 3 is 2.25 bits per heavy atom. The lowest BCUT2D eigenvalue weighted by Crippen LogP contribution is -2.37. The molecule has 0 bridgehead atoms. The Labute approximate surface area is 46.3 Å². The van der Waals surface area contributed by atoms with Crippen molar-refractivity contribution >= 4 is 5.97 Å². The van der Waals surface area contributed by atoms with Crippen molar-refractivity contribution < 1.29 is 14.3 Å². The first-order valence-electron chi connectivity index (χ1n) is 2.18. The molecule has 48 valence electrons. The molecular weight excluding hydrogens is 113 g/mol. The number of carboxylic acids is 1. The summed E-state index contributed by atoms with van der Waals surface area (Å²) in [6, 6.07) is -1.38. The first-order valence-corrected chi connectivity index (χ1v) is 2.18. The first kappa shape index (κ1) is 7.36. The molecule has 0 saturated heterocycles. The SMILES string of the molecule is CC(F)[C@H](N)C(=O)O. The number of rotatable bonds is 2. The predicted molar refractivity (Wildman–Crippen MR) is 26.2 cm³/mol. The van der Waals surface area contributed by atoms with Crippen LogP contribution in [0.2, 0.25) is 0 Å². The van der Waals surface area contributed by atoms with Crippen LogP contribution in [0.4, 0.5) is 4.39 Å². The summed E-state index contributed by atoms with van der Waals surface area (Å²) in [4.78, 5) is 9.78. The third-order valence-corrected chi connectivity index (χ3v) is 0.780. The standard InChI is InChI=1S/C4H8FNO2/c1-2(5)3(6)4(7)8/h2-3H,6H2,1H3,(H,7,8)/t2?,3-/m0/s1. The fourth-order valence-corrected chi connectivity index (χ4v) is 0.196. The van der Waals surface area contributed by atoms with Crippen molar-refractivity contribution in [2.75, 3.05) is 0 Å². The van der Waals surface area contributed by atoms with Gasteiger partial charge in [0.15, 0.2) is 0 Å². The number of carbonyl (C=O) groups is 1. The number of aliphatic carboxylic acids is 1. The van der Waals surface area contributed by atoms with Crippen molar-refractivity contribution in [2.24, 2.45) is 5.73 Å². The Morgan fingerprint density at radius 1 is 1.88 bits per heavy atom. The van der Waals surface area contributed by atoms with Gasteiger partial charge in [-0.25, -0.2) is 4.39 Å². The van der Waals surface area contributed by atoms with Crippen LogP contribution in [0.5, 0.6) is 0 Å². The normalized spacial score (nSPS) is 17.4. The molecule has 0 amide bonds. The van der Waals surface area contributed by atoms with Crippen molar-refractivity contribution in [1.82, 2.24) is 0 Å². The van der Waals surface area contributed by atoms with Crippen LogP contribution < -0.4 is 5.73 Å². The van der Waals surface area contributed by atoms with E-state index >= 15 is 0 Å². The first-order chi connectivity index (χ1) is 3.55. The van der Waals surface area contributed by atoms with Crippen molar-refractivity contribution in [3.63, 3.8) is 0 Å². The maximum absolute atomic E-state index is 11.8. The number of hydrogen-bond donors (Lipinski definition) is 2. The topological polar surface area (TPSA) is 63.3 Å². The van der Waals surface area contributed by atoms with Gasteiger partial charge < -0.3 is 10.8 Å². The summed E-state index contributed by atoms with van der Waals surface area (Å²) in [5.74, 6) is -1.31. The molecule has 0 aliphatic heterocycles. The second kappa shape index (κ2) is 2.61. The van der Waals surface area contributed by atoms with Gasteiger partial charge in [-0.1, -0.05) is 0 Å². The van der Waals surface area contributed by atoms with Crippen LogP contribution in [0.1, 0.15) is 6.92 Å². The van der Waals surface area contributed by atoms with Crippen LogP contribution in [-0.4, -0.2) is 23.3 Å². The van der Waals surface area contributed by atoms with Gasteiger partial charge in [-0.3, -0.25) is 4.79 Å². The number of alkyl halides is 1. The van der Waals surface area contributed by atoms with E-state index in [0.29, 0.717) is 0 Å². The molecule has 0 aromatic rings. The lowest BCUT2D eigenvalue weighted by atomic mass is 10.2. The molecule has 3 nitrogen and oxygen atoms in total. The molecule has 0 rings (SSSR count). The lowest BCUT2D eigenvalue weighted by Gasteiger charge is -2.04. The molecule has 0 saturated carbocycles. The van der Waals surface area contributed by atoms with Crippen LogP contribution in [0.25, 0.3) is 0 Å². The van der Waals surface area contributed by atoms with Gasteiger partial charge in [-0.2, -0.15) is 0 Å². The minimum atomic E-state index is -1.48. The molecule has 0 radical (unpaired) electrons. The monoisotopic (exact) mass is 121 g/mol. The van der Waals surface area contributed by atoms with E-state index in [1.165, 1.54) is 0 Å². The molecule has 8 heavy (non-hydrogen) atoms. The number of hydrogen-bond acceptors (Lipinski definition) is 2. The summed E-state index contributed by atoms with van der Waals surface area (Å²) in [6.07, 6.45) is -1.48. The van der Waals surface area contributed by atoms with Crippen molar-refractivity contribution in [3.05, 3.63) is 0 Å². The highest BCUT2D eigenvalue weighted by Gasteiger charge is 2.18. The van der Waals surface area contributed by atoms with Gasteiger partial charge in [0.05, 0.1) is 0 Å². The van der Waals surface area contributed by atoms with Crippen LogP contribution in [0, 0.1) is 0 Å². The average molecular weight is 121 g/mol. The molecular formula is C4H8FNO2. The van der Waals surface area contributed by atoms with Crippen LogP contribution >= 0.6 is 0 Å². The Hall–Kier alpha value is -0.640. The minimum Gasteiger partial charge on any atom is -0.480 e. The molecule has 0 heterocycles. The van der Waals surface area contributed by atoms with Gasteiger partial charge in [0.2, 0.25) is 0 Å². The van der Waals surface area contributed by atoms with Crippen LogP contribution in [-0.2, 0) is 4.79 Å². The van der Waals surface area contributed by atoms with E-state index in [1.54, 1.807) is 0 Å². The van der Waals surface area contributed by atoms with E-state index in [1.807, 2.05) is 0 Å². The van der Waals surface area contributed by atoms with Gasteiger partial charge in [-0.05, 0) is 6.92 Å². The van der Waals surface area contributed by atoms with Gasteiger partial charge in [-0.15, -0.1) is 0 Å². The van der Waals surface area contributed by atoms with Crippen molar-refractivity contribution in [2.45, 2.75) is 19.1 Å². The zero-order chi connectivity index (χ0) is 6.73. The second-order valence-corrected chi connectivity index (χ2v) is 1.54. The second-order valence-electron chi connectivity index (χ2n) is 1.54. The highest BCUT2D eigenvalue weighted by atomic mass is 19.1. The summed E-state index contributed by atoms with van der Waals surface area (Å²) >= 11 is 0. The van der Waals surface area contributed by atoms with E-state index in [0.717, 1.165) is 6.92 Å². The smallest absolute Gasteiger partial charge is 0.323 e. The maximum atomic E-state index is 11.8. The maximum Gasteiger partial charge on any atom is 0.323 e. The van der Waals surface area contributed by atoms with E-state index in [9.17, 15) is 9.18 Å². The fourth-order valence-electron chi connectivity index (χ4n) is 0.196. The Kier molecular flexibility index (Phi) is 2.41. The van der Waals surface area contributed by atoms with E-state index in [2.05, 4.69) is 0 Å². The Bertz CT molecular complexity index is 94.0. The van der Waals surface area contributed by atoms with Gasteiger partial charge >= 0.3 is 5.97 Å². The van der Waals surface area contributed by atoms with E-state index in [4.69, 9.17) is 10.8 Å². The molecule has 0 aliphatic carbocycles. The minimum absolute atomic E-state index is 1.11. The molecule has 1 unspecified atom stereocenters. The van der Waals surface area contributed by atoms with E-state index in [-0.39, 0.29) is 0 Å². The fraction of sp³-hybridized carbons (Fsp3) is 0.750. The molecule has 0 aromatic heterocycles. The van der Waals surface area contributed by atoms with E-state index < -0.39 is 18.2 Å². The third kappa shape index (κ3) is 1.88. The lowest BCUT2D eigenvalue weighted by molar-refractivity contribution is -0.139. The Morgan fingerprint density at radius 2 is 2.25 bits per heavy atom. The number of carboxylic acid groups (broad SMARTS) is 1. The van der Waals surface area contributed by atoms with Gasteiger partial charge in [0.25, 0.3) is 0 Å². The molecule has 3 N–H and O–H groups in total. The molecule has 4 heteroatoms. The molecule has 0 spiro atoms. The number of nitrogens with two attached hydrogens (primary N) is 1. The molecule has 0 aromatic carbocycles. The summed E-state index contributed by atoms with van der Waals surface area (Å²) in [6.45, 7) is 1.11. The molecule has 0 aliphatic rings. The predicted octanol–water partition coefficient (Wildman–Crippen LogP) is -0.244. The zero-order valence-electron chi connectivity index (χ0n) is 4.47. The van der Waals surface area contributed by atoms with Crippen LogP contribution in [0.15, 0.2) is 0 Å². The summed E-state index contributed by atoms with van der Waals surface area (Å²) < 4.78 is 11.8. The molecule has 0 fully saturated rings. The van der Waals surface area contributed by atoms with Gasteiger partial charge in [0.1, 0.15) is 12.2 Å². The number of halogens is 1.